The average molecular weight is 236 g/mol. The molecule has 1 amide bonds. The molecule has 1 aliphatic rings. The summed E-state index contributed by atoms with van der Waals surface area (Å²) in [7, 11) is 0. The molecule has 94 valence electrons. The fraction of sp³-hybridized carbons (Fsp3) is 0.667. The minimum absolute atomic E-state index is 0.0747. The third kappa shape index (κ3) is 3.06. The molecule has 1 saturated heterocycles. The summed E-state index contributed by atoms with van der Waals surface area (Å²) in [5.74, 6) is -0.0747. The second-order valence-electron chi connectivity index (χ2n) is 4.46. The third-order valence-corrected chi connectivity index (χ3v) is 3.06. The van der Waals surface area contributed by atoms with Crippen LogP contribution in [0.3, 0.4) is 0 Å². The Morgan fingerprint density at radius 3 is 3.29 bits per heavy atom. The Kier molecular flexibility index (Phi) is 4.14. The first kappa shape index (κ1) is 12.1. The maximum atomic E-state index is 11.7. The van der Waals surface area contributed by atoms with Crippen LogP contribution in [0, 0.1) is 0 Å². The highest BCUT2D eigenvalue weighted by Gasteiger charge is 2.16. The van der Waals surface area contributed by atoms with E-state index in [4.69, 9.17) is 0 Å². The lowest BCUT2D eigenvalue weighted by molar-refractivity contribution is 0.0949. The first-order chi connectivity index (χ1) is 8.31. The molecule has 0 aliphatic carbocycles. The van der Waals surface area contributed by atoms with Crippen molar-refractivity contribution in [1.82, 2.24) is 20.2 Å². The second-order valence-corrected chi connectivity index (χ2v) is 4.46. The SMILES string of the molecule is CCCNC(=O)c1cn(C2CCCNC2)cn1. The fourth-order valence-corrected chi connectivity index (χ4v) is 2.07. The number of aromatic nitrogens is 2. The van der Waals surface area contributed by atoms with Crippen LogP contribution in [0.1, 0.15) is 42.7 Å². The van der Waals surface area contributed by atoms with Crippen molar-refractivity contribution in [2.45, 2.75) is 32.2 Å². The van der Waals surface area contributed by atoms with Gasteiger partial charge in [0.1, 0.15) is 5.69 Å². The van der Waals surface area contributed by atoms with E-state index < -0.39 is 0 Å². The first-order valence-electron chi connectivity index (χ1n) is 6.33. The molecule has 1 aromatic heterocycles. The van der Waals surface area contributed by atoms with Crippen LogP contribution in [0.15, 0.2) is 12.5 Å². The van der Waals surface area contributed by atoms with E-state index in [2.05, 4.69) is 15.6 Å². The van der Waals surface area contributed by atoms with E-state index in [1.54, 1.807) is 6.33 Å². The minimum Gasteiger partial charge on any atom is -0.351 e. The monoisotopic (exact) mass is 236 g/mol. The van der Waals surface area contributed by atoms with Crippen LogP contribution in [0.5, 0.6) is 0 Å². The third-order valence-electron chi connectivity index (χ3n) is 3.06. The Bertz CT molecular complexity index is 368. The van der Waals surface area contributed by atoms with Crippen molar-refractivity contribution in [2.75, 3.05) is 19.6 Å². The summed E-state index contributed by atoms with van der Waals surface area (Å²) in [4.78, 5) is 15.9. The van der Waals surface area contributed by atoms with Gasteiger partial charge in [0, 0.05) is 25.3 Å². The molecule has 1 atom stereocenters. The van der Waals surface area contributed by atoms with E-state index in [0.717, 1.165) is 25.9 Å². The first-order valence-corrected chi connectivity index (χ1v) is 6.33. The minimum atomic E-state index is -0.0747. The van der Waals surface area contributed by atoms with Gasteiger partial charge in [0.05, 0.1) is 6.33 Å². The number of hydrogen-bond acceptors (Lipinski definition) is 3. The van der Waals surface area contributed by atoms with Crippen molar-refractivity contribution < 1.29 is 4.79 Å². The van der Waals surface area contributed by atoms with Crippen LogP contribution >= 0.6 is 0 Å². The lowest BCUT2D eigenvalue weighted by atomic mass is 10.1. The molecule has 2 rings (SSSR count). The molecule has 0 aromatic carbocycles. The zero-order chi connectivity index (χ0) is 12.1. The molecular weight excluding hydrogens is 216 g/mol. The van der Waals surface area contributed by atoms with Crippen molar-refractivity contribution in [3.63, 3.8) is 0 Å². The molecule has 0 spiro atoms. The maximum absolute atomic E-state index is 11.7. The van der Waals surface area contributed by atoms with Gasteiger partial charge in [-0.3, -0.25) is 4.79 Å². The van der Waals surface area contributed by atoms with E-state index in [1.165, 1.54) is 6.42 Å². The van der Waals surface area contributed by atoms with Gasteiger partial charge in [-0.25, -0.2) is 4.98 Å². The normalized spacial score (nSPS) is 20.2. The second kappa shape index (κ2) is 5.82. The van der Waals surface area contributed by atoms with Crippen molar-refractivity contribution in [1.29, 1.82) is 0 Å². The van der Waals surface area contributed by atoms with Gasteiger partial charge in [-0.2, -0.15) is 0 Å². The predicted octanol–water partition coefficient (Wildman–Crippen LogP) is 0.947. The smallest absolute Gasteiger partial charge is 0.271 e. The van der Waals surface area contributed by atoms with Gasteiger partial charge >= 0.3 is 0 Å². The van der Waals surface area contributed by atoms with Gasteiger partial charge in [-0.05, 0) is 25.8 Å². The van der Waals surface area contributed by atoms with Crippen LogP contribution in [0.25, 0.3) is 0 Å². The Labute approximate surface area is 102 Å². The molecular formula is C12H20N4O. The summed E-state index contributed by atoms with van der Waals surface area (Å²) in [5.41, 5.74) is 0.518. The average Bonchev–Trinajstić information content (AvgIpc) is 2.86. The Hall–Kier alpha value is -1.36. The van der Waals surface area contributed by atoms with E-state index >= 15 is 0 Å². The topological polar surface area (TPSA) is 59.0 Å². The van der Waals surface area contributed by atoms with Crippen molar-refractivity contribution in [3.05, 3.63) is 18.2 Å². The maximum Gasteiger partial charge on any atom is 0.271 e. The van der Waals surface area contributed by atoms with Gasteiger partial charge in [0.2, 0.25) is 0 Å². The molecule has 0 radical (unpaired) electrons. The van der Waals surface area contributed by atoms with Gasteiger partial charge in [0.15, 0.2) is 0 Å². The molecule has 2 heterocycles. The van der Waals surface area contributed by atoms with Crippen LogP contribution in [-0.2, 0) is 0 Å². The summed E-state index contributed by atoms with van der Waals surface area (Å²) >= 11 is 0. The Balaban J connectivity index is 1.97. The van der Waals surface area contributed by atoms with Crippen LogP contribution in [0.2, 0.25) is 0 Å². The lowest BCUT2D eigenvalue weighted by Crippen LogP contribution is -2.31. The number of imidazole rings is 1. The largest absolute Gasteiger partial charge is 0.351 e. The molecule has 5 nitrogen and oxygen atoms in total. The highest BCUT2D eigenvalue weighted by molar-refractivity contribution is 5.91. The highest BCUT2D eigenvalue weighted by Crippen LogP contribution is 2.16. The number of nitrogens with zero attached hydrogens (tertiary/aromatic N) is 2. The van der Waals surface area contributed by atoms with Gasteiger partial charge in [-0.1, -0.05) is 6.92 Å². The summed E-state index contributed by atoms with van der Waals surface area (Å²) in [6.07, 6.45) is 6.89. The molecule has 2 N–H and O–H groups in total. The molecule has 1 aromatic rings. The number of hydrogen-bond donors (Lipinski definition) is 2. The van der Waals surface area contributed by atoms with Gasteiger partial charge in [-0.15, -0.1) is 0 Å². The number of nitrogens with one attached hydrogen (secondary N) is 2. The van der Waals surface area contributed by atoms with E-state index in [9.17, 15) is 4.79 Å². The summed E-state index contributed by atoms with van der Waals surface area (Å²) in [6.45, 7) is 4.80. The molecule has 17 heavy (non-hydrogen) atoms. The van der Waals surface area contributed by atoms with E-state index in [1.807, 2.05) is 17.7 Å². The number of carbonyl (C=O) groups excluding carboxylic acids is 1. The number of amides is 1. The van der Waals surface area contributed by atoms with Crippen molar-refractivity contribution in [2.24, 2.45) is 0 Å². The van der Waals surface area contributed by atoms with Gasteiger partial charge in [0.25, 0.3) is 5.91 Å². The standard InChI is InChI=1S/C12H20N4O/c1-2-5-14-12(17)11-8-16(9-15-11)10-4-3-6-13-7-10/h8-10,13H,2-7H2,1H3,(H,14,17). The van der Waals surface area contributed by atoms with E-state index in [-0.39, 0.29) is 5.91 Å². The zero-order valence-electron chi connectivity index (χ0n) is 10.3. The zero-order valence-corrected chi connectivity index (χ0v) is 10.3. The molecule has 1 fully saturated rings. The quantitative estimate of drug-likeness (QED) is 0.818. The Morgan fingerprint density at radius 2 is 2.59 bits per heavy atom. The molecule has 1 unspecified atom stereocenters. The fourth-order valence-electron chi connectivity index (χ4n) is 2.07. The molecule has 5 heteroatoms. The summed E-state index contributed by atoms with van der Waals surface area (Å²) in [6, 6.07) is 0.434. The molecule has 0 saturated carbocycles. The Morgan fingerprint density at radius 1 is 1.71 bits per heavy atom. The van der Waals surface area contributed by atoms with E-state index in [0.29, 0.717) is 18.3 Å². The summed E-state index contributed by atoms with van der Waals surface area (Å²) in [5, 5.41) is 6.19. The predicted molar refractivity (Wildman–Crippen MR) is 66.0 cm³/mol. The van der Waals surface area contributed by atoms with Gasteiger partial charge < -0.3 is 15.2 Å². The summed E-state index contributed by atoms with van der Waals surface area (Å²) < 4.78 is 2.05. The van der Waals surface area contributed by atoms with Crippen molar-refractivity contribution >= 4 is 5.91 Å². The molecule has 0 bridgehead atoms. The van der Waals surface area contributed by atoms with Crippen LogP contribution in [-0.4, -0.2) is 35.1 Å². The van der Waals surface area contributed by atoms with Crippen LogP contribution in [0.4, 0.5) is 0 Å². The number of rotatable bonds is 4. The highest BCUT2D eigenvalue weighted by atomic mass is 16.1. The number of piperidine rings is 1. The van der Waals surface area contributed by atoms with Crippen molar-refractivity contribution in [3.8, 4) is 0 Å². The lowest BCUT2D eigenvalue weighted by Gasteiger charge is -2.23. The number of carbonyl (C=O) groups is 1. The van der Waals surface area contributed by atoms with Crippen LogP contribution < -0.4 is 10.6 Å². The molecule has 1 aliphatic heterocycles.